The minimum absolute atomic E-state index is 0.609. The van der Waals surface area contributed by atoms with Gasteiger partial charge in [0.15, 0.2) is 0 Å². The maximum atomic E-state index is 5.68. The molecule has 1 aromatic carbocycles. The molecule has 2 aromatic rings. The van der Waals surface area contributed by atoms with Gasteiger partial charge < -0.3 is 11.1 Å². The molecule has 0 amide bonds. The van der Waals surface area contributed by atoms with Gasteiger partial charge in [0.25, 0.3) is 0 Å². The topological polar surface area (TPSA) is 63.8 Å². The van der Waals surface area contributed by atoms with Crippen molar-refractivity contribution >= 4 is 16.9 Å². The molecule has 108 valence electrons. The lowest BCUT2D eigenvalue weighted by Gasteiger charge is -2.17. The molecule has 1 heterocycles. The summed E-state index contributed by atoms with van der Waals surface area (Å²) in [5, 5.41) is 3.45. The predicted molar refractivity (Wildman–Crippen MR) is 84.8 cm³/mol. The Hall–Kier alpha value is -1.68. The largest absolute Gasteiger partial charge is 0.368 e. The molecule has 4 heteroatoms. The third-order valence-corrected chi connectivity index (χ3v) is 3.57. The zero-order valence-electron chi connectivity index (χ0n) is 12.4. The SMILES string of the molecule is CCCC(CCN)CNc1nc2ccccc2nc1C. The Morgan fingerprint density at radius 3 is 2.50 bits per heavy atom. The fourth-order valence-corrected chi connectivity index (χ4v) is 2.49. The molecule has 0 fully saturated rings. The van der Waals surface area contributed by atoms with Crippen LogP contribution in [-0.2, 0) is 0 Å². The fourth-order valence-electron chi connectivity index (χ4n) is 2.49. The summed E-state index contributed by atoms with van der Waals surface area (Å²) in [5.41, 5.74) is 8.51. The number of hydrogen-bond donors (Lipinski definition) is 2. The van der Waals surface area contributed by atoms with Crippen molar-refractivity contribution in [2.45, 2.75) is 33.1 Å². The molecule has 4 nitrogen and oxygen atoms in total. The van der Waals surface area contributed by atoms with Crippen molar-refractivity contribution in [3.05, 3.63) is 30.0 Å². The van der Waals surface area contributed by atoms with Crippen molar-refractivity contribution in [3.63, 3.8) is 0 Å². The number of nitrogens with two attached hydrogens (primary N) is 1. The molecule has 2 rings (SSSR count). The van der Waals surface area contributed by atoms with Crippen LogP contribution in [0.2, 0.25) is 0 Å². The Morgan fingerprint density at radius 2 is 1.85 bits per heavy atom. The number of hydrogen-bond acceptors (Lipinski definition) is 4. The molecule has 0 spiro atoms. The first-order valence-corrected chi connectivity index (χ1v) is 7.42. The molecule has 0 aliphatic carbocycles. The van der Waals surface area contributed by atoms with Crippen molar-refractivity contribution in [1.82, 2.24) is 9.97 Å². The Balaban J connectivity index is 2.10. The Kier molecular flexibility index (Phi) is 5.30. The van der Waals surface area contributed by atoms with Gasteiger partial charge in [-0.25, -0.2) is 9.97 Å². The van der Waals surface area contributed by atoms with Crippen LogP contribution in [-0.4, -0.2) is 23.1 Å². The van der Waals surface area contributed by atoms with E-state index in [-0.39, 0.29) is 0 Å². The molecule has 1 aromatic heterocycles. The van der Waals surface area contributed by atoms with Crippen molar-refractivity contribution in [2.75, 3.05) is 18.4 Å². The zero-order chi connectivity index (χ0) is 14.4. The summed E-state index contributed by atoms with van der Waals surface area (Å²) in [6.45, 7) is 5.87. The van der Waals surface area contributed by atoms with Gasteiger partial charge in [0, 0.05) is 6.54 Å². The van der Waals surface area contributed by atoms with Crippen LogP contribution in [0.5, 0.6) is 0 Å². The number of rotatable bonds is 7. The van der Waals surface area contributed by atoms with Gasteiger partial charge in [-0.05, 0) is 44.4 Å². The maximum absolute atomic E-state index is 5.68. The lowest BCUT2D eigenvalue weighted by atomic mass is 10.00. The van der Waals surface area contributed by atoms with Gasteiger partial charge in [-0.1, -0.05) is 25.5 Å². The molecular weight excluding hydrogens is 248 g/mol. The van der Waals surface area contributed by atoms with E-state index in [1.807, 2.05) is 31.2 Å². The smallest absolute Gasteiger partial charge is 0.148 e. The van der Waals surface area contributed by atoms with Gasteiger partial charge in [-0.3, -0.25) is 0 Å². The molecule has 0 aliphatic rings. The Labute approximate surface area is 120 Å². The molecule has 0 saturated carbocycles. The first-order chi connectivity index (χ1) is 9.74. The van der Waals surface area contributed by atoms with Gasteiger partial charge in [-0.15, -0.1) is 0 Å². The van der Waals surface area contributed by atoms with E-state index in [4.69, 9.17) is 5.73 Å². The highest BCUT2D eigenvalue weighted by molar-refractivity contribution is 5.76. The third kappa shape index (κ3) is 3.67. The molecule has 1 unspecified atom stereocenters. The van der Waals surface area contributed by atoms with Crippen LogP contribution in [0.15, 0.2) is 24.3 Å². The summed E-state index contributed by atoms with van der Waals surface area (Å²) < 4.78 is 0. The number of para-hydroxylation sites is 2. The average Bonchev–Trinajstić information content (AvgIpc) is 2.45. The highest BCUT2D eigenvalue weighted by Gasteiger charge is 2.09. The molecule has 1 atom stereocenters. The van der Waals surface area contributed by atoms with Crippen LogP contribution in [0.1, 0.15) is 31.9 Å². The Bertz CT molecular complexity index is 547. The third-order valence-electron chi connectivity index (χ3n) is 3.57. The average molecular weight is 272 g/mol. The second-order valence-electron chi connectivity index (χ2n) is 5.26. The summed E-state index contributed by atoms with van der Waals surface area (Å²) >= 11 is 0. The van der Waals surface area contributed by atoms with Crippen molar-refractivity contribution in [3.8, 4) is 0 Å². The second kappa shape index (κ2) is 7.20. The molecule has 0 aliphatic heterocycles. The van der Waals surface area contributed by atoms with E-state index in [9.17, 15) is 0 Å². The van der Waals surface area contributed by atoms with Crippen LogP contribution in [0.25, 0.3) is 11.0 Å². The van der Waals surface area contributed by atoms with Gasteiger partial charge in [-0.2, -0.15) is 0 Å². The number of aryl methyl sites for hydroxylation is 1. The van der Waals surface area contributed by atoms with Crippen molar-refractivity contribution < 1.29 is 0 Å². The zero-order valence-corrected chi connectivity index (χ0v) is 12.4. The van der Waals surface area contributed by atoms with Crippen LogP contribution in [0.3, 0.4) is 0 Å². The van der Waals surface area contributed by atoms with Crippen LogP contribution in [0.4, 0.5) is 5.82 Å². The quantitative estimate of drug-likeness (QED) is 0.813. The van der Waals surface area contributed by atoms with Crippen molar-refractivity contribution in [1.29, 1.82) is 0 Å². The lowest BCUT2D eigenvalue weighted by Crippen LogP contribution is -2.19. The molecular formula is C16H24N4. The first kappa shape index (κ1) is 14.7. The van der Waals surface area contributed by atoms with E-state index in [0.29, 0.717) is 5.92 Å². The molecule has 0 radical (unpaired) electrons. The number of nitrogens with zero attached hydrogens (tertiary/aromatic N) is 2. The Morgan fingerprint density at radius 1 is 1.15 bits per heavy atom. The summed E-state index contributed by atoms with van der Waals surface area (Å²) in [4.78, 5) is 9.26. The predicted octanol–water partition coefficient (Wildman–Crippen LogP) is 3.12. The van der Waals surface area contributed by atoms with Crippen molar-refractivity contribution in [2.24, 2.45) is 11.7 Å². The number of fused-ring (bicyclic) bond motifs is 1. The summed E-state index contributed by atoms with van der Waals surface area (Å²) in [7, 11) is 0. The standard InChI is InChI=1S/C16H24N4/c1-3-6-13(9-10-17)11-18-16-12(2)19-14-7-4-5-8-15(14)20-16/h4-5,7-8,13H,3,6,9-11,17H2,1-2H3,(H,18,20). The number of anilines is 1. The van der Waals surface area contributed by atoms with Gasteiger partial charge >= 0.3 is 0 Å². The monoisotopic (exact) mass is 272 g/mol. The summed E-state index contributed by atoms with van der Waals surface area (Å²) in [6, 6.07) is 7.97. The van der Waals surface area contributed by atoms with E-state index in [1.165, 1.54) is 12.8 Å². The lowest BCUT2D eigenvalue weighted by molar-refractivity contribution is 0.473. The minimum Gasteiger partial charge on any atom is -0.368 e. The van der Waals surface area contributed by atoms with Gasteiger partial charge in [0.1, 0.15) is 5.82 Å². The molecule has 0 bridgehead atoms. The van der Waals surface area contributed by atoms with E-state index in [2.05, 4.69) is 22.2 Å². The minimum atomic E-state index is 0.609. The van der Waals surface area contributed by atoms with Crippen LogP contribution >= 0.6 is 0 Å². The van der Waals surface area contributed by atoms with Gasteiger partial charge in [0.2, 0.25) is 0 Å². The highest BCUT2D eigenvalue weighted by atomic mass is 15.0. The molecule has 20 heavy (non-hydrogen) atoms. The van der Waals surface area contributed by atoms with E-state index >= 15 is 0 Å². The molecule has 0 saturated heterocycles. The van der Waals surface area contributed by atoms with Crippen LogP contribution < -0.4 is 11.1 Å². The number of aromatic nitrogens is 2. The molecule has 3 N–H and O–H groups in total. The summed E-state index contributed by atoms with van der Waals surface area (Å²) in [5.74, 6) is 1.50. The van der Waals surface area contributed by atoms with E-state index in [0.717, 1.165) is 42.1 Å². The van der Waals surface area contributed by atoms with E-state index < -0.39 is 0 Å². The van der Waals surface area contributed by atoms with Crippen LogP contribution in [0, 0.1) is 12.8 Å². The normalized spacial score (nSPS) is 12.6. The maximum Gasteiger partial charge on any atom is 0.148 e. The second-order valence-corrected chi connectivity index (χ2v) is 5.26. The highest BCUT2D eigenvalue weighted by Crippen LogP contribution is 2.17. The number of nitrogens with one attached hydrogen (secondary N) is 1. The summed E-state index contributed by atoms with van der Waals surface area (Å²) in [6.07, 6.45) is 3.44. The van der Waals surface area contributed by atoms with E-state index in [1.54, 1.807) is 0 Å². The number of benzene rings is 1. The fraction of sp³-hybridized carbons (Fsp3) is 0.500. The first-order valence-electron chi connectivity index (χ1n) is 7.42. The van der Waals surface area contributed by atoms with Gasteiger partial charge in [0.05, 0.1) is 16.7 Å².